The van der Waals surface area contributed by atoms with E-state index in [4.69, 9.17) is 16.3 Å². The number of H-pyrrole nitrogens is 1. The third kappa shape index (κ3) is 4.67. The first-order valence-electron chi connectivity index (χ1n) is 7.75. The van der Waals surface area contributed by atoms with E-state index in [1.807, 2.05) is 0 Å². The van der Waals surface area contributed by atoms with Gasteiger partial charge in [-0.3, -0.25) is 5.10 Å². The third-order valence-electron chi connectivity index (χ3n) is 3.56. The van der Waals surface area contributed by atoms with E-state index in [1.54, 1.807) is 30.3 Å². The van der Waals surface area contributed by atoms with Crippen molar-refractivity contribution in [1.82, 2.24) is 15.2 Å². The number of rotatable bonds is 6. The van der Waals surface area contributed by atoms with Gasteiger partial charge in [0.05, 0.1) is 11.6 Å². The zero-order valence-electron chi connectivity index (χ0n) is 14.3. The summed E-state index contributed by atoms with van der Waals surface area (Å²) in [4.78, 5) is 16.0. The van der Waals surface area contributed by atoms with Crippen LogP contribution in [-0.2, 0) is 4.79 Å². The quantitative estimate of drug-likeness (QED) is 0.341. The summed E-state index contributed by atoms with van der Waals surface area (Å²) in [6, 6.07) is 10.1. The lowest BCUT2D eigenvalue weighted by Crippen LogP contribution is -1.97. The molecule has 2 aromatic carbocycles. The van der Waals surface area contributed by atoms with Crippen molar-refractivity contribution in [3.8, 4) is 22.9 Å². The van der Waals surface area contributed by atoms with Crippen LogP contribution in [0.4, 0.5) is 0 Å². The van der Waals surface area contributed by atoms with Crippen LogP contribution in [0.3, 0.4) is 0 Å². The van der Waals surface area contributed by atoms with Crippen molar-refractivity contribution < 1.29 is 19.7 Å². The summed E-state index contributed by atoms with van der Waals surface area (Å²) < 4.78 is 5.47. The van der Waals surface area contributed by atoms with Gasteiger partial charge in [-0.2, -0.15) is 0 Å². The monoisotopic (exact) mass is 481 g/mol. The fourth-order valence-electron chi connectivity index (χ4n) is 2.25. The molecule has 1 heterocycles. The molecule has 0 radical (unpaired) electrons. The number of ether oxygens (including phenoxy) is 1. The van der Waals surface area contributed by atoms with Crippen molar-refractivity contribution in [2.24, 2.45) is 0 Å². The average Bonchev–Trinajstić information content (AvgIpc) is 3.13. The lowest BCUT2D eigenvalue weighted by atomic mass is 10.2. The van der Waals surface area contributed by atoms with Crippen LogP contribution in [0, 0.1) is 0 Å². The van der Waals surface area contributed by atoms with E-state index < -0.39 is 5.97 Å². The number of carboxylic acids is 1. The highest BCUT2D eigenvalue weighted by Crippen LogP contribution is 2.37. The summed E-state index contributed by atoms with van der Waals surface area (Å²) >= 11 is 9.99. The normalized spacial score (nSPS) is 11.5. The Morgan fingerprint density at radius 2 is 2.04 bits per heavy atom. The Labute approximate surface area is 177 Å². The van der Waals surface area contributed by atoms with Crippen LogP contribution < -0.4 is 4.74 Å². The molecule has 0 aliphatic heterocycles. The van der Waals surface area contributed by atoms with Gasteiger partial charge in [0.15, 0.2) is 17.3 Å². The molecule has 28 heavy (non-hydrogen) atoms. The summed E-state index contributed by atoms with van der Waals surface area (Å²) in [6.45, 7) is 0. The topological polar surface area (TPSA) is 108 Å². The van der Waals surface area contributed by atoms with E-state index in [1.165, 1.54) is 19.3 Å². The summed E-state index contributed by atoms with van der Waals surface area (Å²) in [5.41, 5.74) is 1.30. The number of nitrogens with one attached hydrogen (secondary N) is 1. The van der Waals surface area contributed by atoms with Crippen LogP contribution in [0.1, 0.15) is 5.56 Å². The maximum atomic E-state index is 11.7. The van der Waals surface area contributed by atoms with Gasteiger partial charge in [-0.25, -0.2) is 9.78 Å². The van der Waals surface area contributed by atoms with Crippen LogP contribution in [0.25, 0.3) is 17.5 Å². The molecule has 0 aliphatic carbocycles. The van der Waals surface area contributed by atoms with Gasteiger partial charge < -0.3 is 14.9 Å². The molecule has 0 spiro atoms. The number of hydrogen-bond acceptors (Lipinski definition) is 6. The second-order valence-electron chi connectivity index (χ2n) is 5.44. The van der Waals surface area contributed by atoms with Gasteiger partial charge in [0, 0.05) is 10.6 Å². The molecule has 0 amide bonds. The summed E-state index contributed by atoms with van der Waals surface area (Å²) in [7, 11) is 1.41. The highest BCUT2D eigenvalue weighted by molar-refractivity contribution is 9.10. The van der Waals surface area contributed by atoms with Crippen molar-refractivity contribution in [2.45, 2.75) is 5.16 Å². The molecule has 0 fully saturated rings. The number of halogens is 2. The molecule has 3 aromatic rings. The minimum Gasteiger partial charge on any atom is -0.503 e. The molecule has 0 unspecified atom stereocenters. The summed E-state index contributed by atoms with van der Waals surface area (Å²) in [5, 5.41) is 27.1. The predicted octanol–water partition coefficient (Wildman–Crippen LogP) is 4.82. The molecule has 0 aliphatic rings. The number of nitrogens with zero attached hydrogens (tertiary/aromatic N) is 2. The largest absolute Gasteiger partial charge is 0.503 e. The first kappa shape index (κ1) is 20.2. The number of aliphatic carboxylic acids is 1. The molecule has 0 saturated carbocycles. The Hall–Kier alpha value is -2.49. The number of aromatic amines is 1. The molecule has 0 saturated heterocycles. The van der Waals surface area contributed by atoms with Gasteiger partial charge in [-0.1, -0.05) is 11.6 Å². The maximum absolute atomic E-state index is 11.7. The van der Waals surface area contributed by atoms with E-state index in [9.17, 15) is 15.0 Å². The first-order valence-corrected chi connectivity index (χ1v) is 9.74. The highest BCUT2D eigenvalue weighted by Gasteiger charge is 2.16. The molecular formula is C18H13BrClN3O4S. The maximum Gasteiger partial charge on any atom is 0.342 e. The van der Waals surface area contributed by atoms with Crippen molar-refractivity contribution >= 4 is 51.3 Å². The van der Waals surface area contributed by atoms with Crippen molar-refractivity contribution in [1.29, 1.82) is 0 Å². The number of methoxy groups -OCH3 is 1. The molecule has 7 nitrogen and oxygen atoms in total. The molecule has 10 heteroatoms. The third-order valence-corrected chi connectivity index (χ3v) is 5.30. The van der Waals surface area contributed by atoms with Gasteiger partial charge in [-0.15, -0.1) is 5.10 Å². The number of thioether (sulfide) groups is 1. The standard InChI is InChI=1S/C18H13BrClN3O4S/c1-27-13-7-9(6-12(19)15(13)24)8-14(17(25)26)28-18-21-16(22-23-18)10-2-4-11(20)5-3-10/h2-8,24H,1H3,(H,25,26)(H,21,22,23)/b14-8-. The molecule has 3 N–H and O–H groups in total. The molecule has 0 bridgehead atoms. The fourth-order valence-corrected chi connectivity index (χ4v) is 3.54. The SMILES string of the molecule is COc1cc(/C=C(\Sc2n[nH]c(-c3ccc(Cl)cc3)n2)C(=O)O)cc(Br)c1O. The number of phenolic OH excluding ortho intramolecular Hbond substituents is 1. The van der Waals surface area contributed by atoms with Gasteiger partial charge in [0.25, 0.3) is 0 Å². The van der Waals surface area contributed by atoms with Gasteiger partial charge in [0.1, 0.15) is 4.91 Å². The summed E-state index contributed by atoms with van der Waals surface area (Å²) in [6.07, 6.45) is 1.44. The number of carboxylic acid groups (broad SMARTS) is 1. The smallest absolute Gasteiger partial charge is 0.342 e. The van der Waals surface area contributed by atoms with Crippen LogP contribution in [-0.4, -0.2) is 38.5 Å². The van der Waals surface area contributed by atoms with Crippen LogP contribution in [0.15, 0.2) is 50.9 Å². The number of hydrogen-bond donors (Lipinski definition) is 3. The Kier molecular flexibility index (Phi) is 6.28. The minimum absolute atomic E-state index is 0.00120. The molecule has 3 rings (SSSR count). The van der Waals surface area contributed by atoms with Gasteiger partial charge in [-0.05, 0) is 75.7 Å². The number of carbonyl (C=O) groups is 1. The second kappa shape index (κ2) is 8.68. The van der Waals surface area contributed by atoms with E-state index in [2.05, 4.69) is 31.1 Å². The highest BCUT2D eigenvalue weighted by atomic mass is 79.9. The number of benzene rings is 2. The molecular weight excluding hydrogens is 470 g/mol. The van der Waals surface area contributed by atoms with Gasteiger partial charge in [0.2, 0.25) is 5.16 Å². The van der Waals surface area contributed by atoms with Crippen LogP contribution in [0.2, 0.25) is 5.02 Å². The zero-order chi connectivity index (χ0) is 20.3. The van der Waals surface area contributed by atoms with E-state index in [0.29, 0.717) is 20.9 Å². The Morgan fingerprint density at radius 3 is 2.68 bits per heavy atom. The predicted molar refractivity (Wildman–Crippen MR) is 111 cm³/mol. The van der Waals surface area contributed by atoms with E-state index >= 15 is 0 Å². The Morgan fingerprint density at radius 1 is 1.32 bits per heavy atom. The fraction of sp³-hybridized carbons (Fsp3) is 0.0556. The number of aromatic nitrogens is 3. The summed E-state index contributed by atoms with van der Waals surface area (Å²) in [5.74, 6) is -0.479. The molecule has 144 valence electrons. The average molecular weight is 483 g/mol. The Bertz CT molecular complexity index is 1050. The van der Waals surface area contributed by atoms with Crippen LogP contribution >= 0.6 is 39.3 Å². The van der Waals surface area contributed by atoms with Crippen molar-refractivity contribution in [2.75, 3.05) is 7.11 Å². The Balaban J connectivity index is 1.88. The second-order valence-corrected chi connectivity index (χ2v) is 7.74. The lowest BCUT2D eigenvalue weighted by Gasteiger charge is -2.07. The zero-order valence-corrected chi connectivity index (χ0v) is 17.5. The van der Waals surface area contributed by atoms with E-state index in [-0.39, 0.29) is 21.6 Å². The van der Waals surface area contributed by atoms with Crippen LogP contribution in [0.5, 0.6) is 11.5 Å². The lowest BCUT2D eigenvalue weighted by molar-refractivity contribution is -0.131. The first-order chi connectivity index (χ1) is 13.4. The number of phenols is 1. The van der Waals surface area contributed by atoms with E-state index in [0.717, 1.165) is 17.3 Å². The van der Waals surface area contributed by atoms with Gasteiger partial charge >= 0.3 is 5.97 Å². The van der Waals surface area contributed by atoms with Crippen molar-refractivity contribution in [3.05, 3.63) is 56.4 Å². The van der Waals surface area contributed by atoms with Crippen molar-refractivity contribution in [3.63, 3.8) is 0 Å². The molecule has 1 aromatic heterocycles. The minimum atomic E-state index is -1.13. The molecule has 0 atom stereocenters. The number of aromatic hydroxyl groups is 1.